The Kier molecular flexibility index (Phi) is 7.44. The second-order valence-corrected chi connectivity index (χ2v) is 9.03. The van der Waals surface area contributed by atoms with Crippen LogP contribution in [0.2, 0.25) is 0 Å². The number of thiophene rings is 1. The second-order valence-electron chi connectivity index (χ2n) is 7.95. The van der Waals surface area contributed by atoms with E-state index in [0.29, 0.717) is 23.7 Å². The van der Waals surface area contributed by atoms with Crippen molar-refractivity contribution in [2.24, 2.45) is 5.73 Å². The molecule has 6 nitrogen and oxygen atoms in total. The number of benzene rings is 3. The highest BCUT2D eigenvalue weighted by Crippen LogP contribution is 2.35. The van der Waals surface area contributed by atoms with Crippen LogP contribution in [0.15, 0.2) is 84.9 Å². The van der Waals surface area contributed by atoms with Gasteiger partial charge in [0.1, 0.15) is 17.7 Å². The van der Waals surface area contributed by atoms with Gasteiger partial charge in [-0.3, -0.25) is 5.41 Å². The van der Waals surface area contributed by atoms with Crippen LogP contribution < -0.4 is 15.8 Å². The fourth-order valence-corrected chi connectivity index (χ4v) is 4.78. The number of nitrogens with one attached hydrogen (secondary N) is 2. The summed E-state index contributed by atoms with van der Waals surface area (Å²) in [5.74, 6) is 0.744. The number of amides is 2. The van der Waals surface area contributed by atoms with Gasteiger partial charge in [0, 0.05) is 23.7 Å². The average molecular weight is 473 g/mol. The maximum Gasteiger partial charge on any atom is 0.317 e. The number of rotatable bonds is 9. The molecular weight excluding hydrogens is 444 g/mol. The van der Waals surface area contributed by atoms with Gasteiger partial charge in [-0.05, 0) is 35.7 Å². The maximum absolute atomic E-state index is 12.8. The summed E-state index contributed by atoms with van der Waals surface area (Å²) in [4.78, 5) is 15.3. The van der Waals surface area contributed by atoms with Crippen LogP contribution in [-0.2, 0) is 6.42 Å². The summed E-state index contributed by atoms with van der Waals surface area (Å²) >= 11 is 1.47. The van der Waals surface area contributed by atoms with E-state index in [9.17, 15) is 4.79 Å². The van der Waals surface area contributed by atoms with Crippen molar-refractivity contribution < 1.29 is 9.53 Å². The Labute approximate surface area is 203 Å². The van der Waals surface area contributed by atoms with Crippen molar-refractivity contribution in [2.45, 2.75) is 12.5 Å². The summed E-state index contributed by atoms with van der Waals surface area (Å²) in [7, 11) is 1.64. The minimum atomic E-state index is -0.374. The second kappa shape index (κ2) is 10.9. The van der Waals surface area contributed by atoms with Gasteiger partial charge >= 0.3 is 6.03 Å². The molecule has 0 aliphatic carbocycles. The van der Waals surface area contributed by atoms with Crippen LogP contribution in [0.25, 0.3) is 10.1 Å². The van der Waals surface area contributed by atoms with E-state index in [-0.39, 0.29) is 18.0 Å². The molecule has 7 heteroatoms. The number of ether oxygens (including phenoxy) is 1. The van der Waals surface area contributed by atoms with Gasteiger partial charge in [0.15, 0.2) is 0 Å². The molecule has 0 bridgehead atoms. The van der Waals surface area contributed by atoms with Crippen molar-refractivity contribution in [1.82, 2.24) is 10.2 Å². The van der Waals surface area contributed by atoms with Crippen molar-refractivity contribution in [2.75, 3.05) is 20.1 Å². The van der Waals surface area contributed by atoms with Crippen molar-refractivity contribution in [1.29, 1.82) is 5.41 Å². The van der Waals surface area contributed by atoms with E-state index >= 15 is 0 Å². The Balaban J connectivity index is 1.62. The molecule has 3 aromatic carbocycles. The van der Waals surface area contributed by atoms with Crippen molar-refractivity contribution in [3.05, 3.63) is 101 Å². The molecule has 0 radical (unpaired) electrons. The molecule has 4 aromatic rings. The van der Waals surface area contributed by atoms with Crippen LogP contribution in [0.4, 0.5) is 4.79 Å². The van der Waals surface area contributed by atoms with E-state index in [4.69, 9.17) is 15.9 Å². The molecule has 4 N–H and O–H groups in total. The fourth-order valence-electron chi connectivity index (χ4n) is 3.84. The molecule has 1 atom stereocenters. The molecule has 2 amide bonds. The Bertz CT molecular complexity index is 1260. The van der Waals surface area contributed by atoms with Crippen molar-refractivity contribution in [3.8, 4) is 5.75 Å². The lowest BCUT2D eigenvalue weighted by Gasteiger charge is -2.28. The van der Waals surface area contributed by atoms with Crippen molar-refractivity contribution >= 4 is 33.3 Å². The lowest BCUT2D eigenvalue weighted by molar-refractivity contribution is 0.141. The molecule has 0 saturated heterocycles. The molecule has 0 aliphatic rings. The molecule has 0 spiro atoms. The van der Waals surface area contributed by atoms with Crippen LogP contribution in [0, 0.1) is 5.41 Å². The normalized spacial score (nSPS) is 11.7. The molecule has 34 heavy (non-hydrogen) atoms. The Morgan fingerprint density at radius 1 is 1.06 bits per heavy atom. The smallest absolute Gasteiger partial charge is 0.317 e. The summed E-state index contributed by atoms with van der Waals surface area (Å²) in [6, 6.07) is 27.7. The highest BCUT2D eigenvalue weighted by molar-refractivity contribution is 7.20. The lowest BCUT2D eigenvalue weighted by Crippen LogP contribution is -2.42. The number of hydrogen-bond donors (Lipinski definition) is 3. The summed E-state index contributed by atoms with van der Waals surface area (Å²) in [6.45, 7) is 0.949. The molecule has 0 aliphatic heterocycles. The van der Waals surface area contributed by atoms with E-state index < -0.39 is 0 Å². The third kappa shape index (κ3) is 5.55. The molecule has 174 valence electrons. The SMILES string of the molecule is CNC(=O)N(CCc1ccccc1)CC(Oc1cccc2sc(C(=N)N)cc12)c1ccccc1. The molecule has 1 heterocycles. The molecular formula is C27H28N4O2S. The summed E-state index contributed by atoms with van der Waals surface area (Å²) in [6.07, 6.45) is 0.373. The van der Waals surface area contributed by atoms with Crippen LogP contribution in [0.5, 0.6) is 5.75 Å². The zero-order chi connectivity index (χ0) is 23.9. The topological polar surface area (TPSA) is 91.4 Å². The third-order valence-electron chi connectivity index (χ3n) is 5.63. The van der Waals surface area contributed by atoms with E-state index in [1.54, 1.807) is 11.9 Å². The molecule has 4 rings (SSSR count). The van der Waals surface area contributed by atoms with Gasteiger partial charge in [-0.25, -0.2) is 4.79 Å². The van der Waals surface area contributed by atoms with Gasteiger partial charge in [0.2, 0.25) is 0 Å². The van der Waals surface area contributed by atoms with Crippen molar-refractivity contribution in [3.63, 3.8) is 0 Å². The minimum Gasteiger partial charge on any atom is -0.483 e. The average Bonchev–Trinajstić information content (AvgIpc) is 3.32. The first-order valence-electron chi connectivity index (χ1n) is 11.1. The number of nitrogens with zero attached hydrogens (tertiary/aromatic N) is 1. The molecule has 1 aromatic heterocycles. The number of hydrogen-bond acceptors (Lipinski definition) is 4. The molecule has 0 fully saturated rings. The monoisotopic (exact) mass is 472 g/mol. The highest BCUT2D eigenvalue weighted by atomic mass is 32.1. The number of carbonyl (C=O) groups is 1. The predicted molar refractivity (Wildman–Crippen MR) is 139 cm³/mol. The van der Waals surface area contributed by atoms with Gasteiger partial charge < -0.3 is 20.7 Å². The van der Waals surface area contributed by atoms with Gasteiger partial charge in [0.05, 0.1) is 11.4 Å². The van der Waals surface area contributed by atoms with E-state index in [1.807, 2.05) is 72.8 Å². The van der Waals surface area contributed by atoms with Crippen LogP contribution in [0.3, 0.4) is 0 Å². The maximum atomic E-state index is 12.8. The zero-order valence-corrected chi connectivity index (χ0v) is 19.8. The van der Waals surface area contributed by atoms with Gasteiger partial charge in [-0.2, -0.15) is 0 Å². The standard InChI is InChI=1S/C27H28N4O2S/c1-30-27(32)31(16-15-19-9-4-2-5-10-19)18-23(20-11-6-3-7-12-20)33-22-13-8-14-24-21(22)17-25(34-24)26(28)29/h2-14,17,23H,15-16,18H2,1H3,(H3,28,29)(H,30,32). The Morgan fingerprint density at radius 2 is 1.76 bits per heavy atom. The number of nitrogen functional groups attached to an aromatic ring is 1. The fraction of sp³-hybridized carbons (Fsp3) is 0.185. The predicted octanol–water partition coefficient (Wildman–Crippen LogP) is 5.19. The first-order chi connectivity index (χ1) is 16.5. The van der Waals surface area contributed by atoms with E-state index in [2.05, 4.69) is 17.4 Å². The Morgan fingerprint density at radius 3 is 2.44 bits per heavy atom. The quantitative estimate of drug-likeness (QED) is 0.231. The largest absolute Gasteiger partial charge is 0.483 e. The van der Waals surface area contributed by atoms with E-state index in [1.165, 1.54) is 16.9 Å². The van der Waals surface area contributed by atoms with E-state index in [0.717, 1.165) is 22.1 Å². The van der Waals surface area contributed by atoms with Gasteiger partial charge in [0.25, 0.3) is 0 Å². The zero-order valence-electron chi connectivity index (χ0n) is 19.0. The molecule has 1 unspecified atom stereocenters. The number of amidine groups is 1. The first kappa shape index (κ1) is 23.3. The molecule has 0 saturated carbocycles. The van der Waals surface area contributed by atoms with Gasteiger partial charge in [-0.15, -0.1) is 11.3 Å². The lowest BCUT2D eigenvalue weighted by atomic mass is 10.1. The summed E-state index contributed by atoms with van der Waals surface area (Å²) in [5.41, 5.74) is 7.87. The van der Waals surface area contributed by atoms with Crippen LogP contribution >= 0.6 is 11.3 Å². The third-order valence-corrected chi connectivity index (χ3v) is 6.76. The Hall–Kier alpha value is -3.84. The van der Waals surface area contributed by atoms with Crippen LogP contribution in [-0.4, -0.2) is 36.9 Å². The summed E-state index contributed by atoms with van der Waals surface area (Å²) in [5, 5.41) is 11.5. The highest BCUT2D eigenvalue weighted by Gasteiger charge is 2.22. The summed E-state index contributed by atoms with van der Waals surface area (Å²) < 4.78 is 7.56. The van der Waals surface area contributed by atoms with Crippen LogP contribution in [0.1, 0.15) is 22.1 Å². The van der Waals surface area contributed by atoms with Gasteiger partial charge in [-0.1, -0.05) is 66.7 Å². The number of fused-ring (bicyclic) bond motifs is 1. The first-order valence-corrected chi connectivity index (χ1v) is 12.0. The minimum absolute atomic E-state index is 0.0402. The number of carbonyl (C=O) groups excluding carboxylic acids is 1. The number of urea groups is 1. The number of nitrogens with two attached hydrogens (primary N) is 1.